The summed E-state index contributed by atoms with van der Waals surface area (Å²) in [5, 5.41) is 3.36. The monoisotopic (exact) mass is 174 g/mol. The van der Waals surface area contributed by atoms with E-state index in [1.165, 1.54) is 11.3 Å². The molecule has 68 valence electrons. The first-order chi connectivity index (χ1) is 6.33. The molecule has 1 heterocycles. The lowest BCUT2D eigenvalue weighted by Crippen LogP contribution is -2.08. The molecule has 0 aromatic heterocycles. The Balaban J connectivity index is 2.46. The van der Waals surface area contributed by atoms with Crippen molar-refractivity contribution in [3.8, 4) is 0 Å². The molecule has 2 nitrogen and oxygen atoms in total. The Morgan fingerprint density at radius 1 is 1.54 bits per heavy atom. The number of benzene rings is 1. The van der Waals surface area contributed by atoms with Crippen molar-refractivity contribution in [1.29, 1.82) is 0 Å². The molecule has 0 aliphatic carbocycles. The van der Waals surface area contributed by atoms with Gasteiger partial charge in [0.1, 0.15) is 0 Å². The molecule has 0 bridgehead atoms. The van der Waals surface area contributed by atoms with Crippen molar-refractivity contribution < 1.29 is 0 Å². The van der Waals surface area contributed by atoms with Gasteiger partial charge in [0.15, 0.2) is 0 Å². The van der Waals surface area contributed by atoms with Crippen LogP contribution < -0.4 is 11.1 Å². The summed E-state index contributed by atoms with van der Waals surface area (Å²) >= 11 is 0. The van der Waals surface area contributed by atoms with Gasteiger partial charge in [0.2, 0.25) is 0 Å². The van der Waals surface area contributed by atoms with Gasteiger partial charge in [-0.3, -0.25) is 0 Å². The lowest BCUT2D eigenvalue weighted by atomic mass is 10.0. The van der Waals surface area contributed by atoms with Crippen LogP contribution in [0.25, 0.3) is 0 Å². The van der Waals surface area contributed by atoms with Crippen molar-refractivity contribution in [3.05, 3.63) is 42.0 Å². The van der Waals surface area contributed by atoms with E-state index in [1.54, 1.807) is 6.08 Å². The summed E-state index contributed by atoms with van der Waals surface area (Å²) in [7, 11) is 0. The zero-order valence-electron chi connectivity index (χ0n) is 7.59. The molecule has 1 aromatic carbocycles. The molecule has 13 heavy (non-hydrogen) atoms. The Bertz CT molecular complexity index is 331. The summed E-state index contributed by atoms with van der Waals surface area (Å²) in [6.45, 7) is 4.73. The average Bonchev–Trinajstić information content (AvgIpc) is 2.63. The molecule has 0 fully saturated rings. The van der Waals surface area contributed by atoms with Crippen LogP contribution in [-0.4, -0.2) is 6.54 Å². The minimum Gasteiger partial charge on any atom is -0.384 e. The quantitative estimate of drug-likeness (QED) is 0.671. The maximum atomic E-state index is 5.91. The first-order valence-electron chi connectivity index (χ1n) is 4.56. The minimum absolute atomic E-state index is 0.0550. The molecule has 0 amide bonds. The lowest BCUT2D eigenvalue weighted by Gasteiger charge is -2.12. The largest absolute Gasteiger partial charge is 0.384 e. The van der Waals surface area contributed by atoms with Gasteiger partial charge in [-0.2, -0.15) is 0 Å². The third-order valence-corrected chi connectivity index (χ3v) is 2.49. The summed E-state index contributed by atoms with van der Waals surface area (Å²) < 4.78 is 0. The van der Waals surface area contributed by atoms with Crippen LogP contribution in [0.15, 0.2) is 30.9 Å². The Morgan fingerprint density at radius 3 is 3.15 bits per heavy atom. The Morgan fingerprint density at radius 2 is 2.38 bits per heavy atom. The maximum Gasteiger partial charge on any atom is 0.0499 e. The van der Waals surface area contributed by atoms with Gasteiger partial charge in [-0.25, -0.2) is 0 Å². The normalized spacial score (nSPS) is 16.1. The van der Waals surface area contributed by atoms with Crippen LogP contribution in [0.5, 0.6) is 0 Å². The molecule has 2 rings (SSSR count). The number of fused-ring (bicyclic) bond motifs is 1. The van der Waals surface area contributed by atoms with Gasteiger partial charge in [-0.1, -0.05) is 24.3 Å². The summed E-state index contributed by atoms with van der Waals surface area (Å²) in [6.07, 6.45) is 2.88. The fraction of sp³-hybridized carbons (Fsp3) is 0.273. The minimum atomic E-state index is -0.0550. The van der Waals surface area contributed by atoms with Crippen molar-refractivity contribution in [3.63, 3.8) is 0 Å². The molecule has 0 unspecified atom stereocenters. The van der Waals surface area contributed by atoms with Gasteiger partial charge < -0.3 is 11.1 Å². The molecule has 0 saturated carbocycles. The van der Waals surface area contributed by atoms with E-state index in [9.17, 15) is 0 Å². The van der Waals surface area contributed by atoms with Gasteiger partial charge >= 0.3 is 0 Å². The predicted molar refractivity (Wildman–Crippen MR) is 55.8 cm³/mol. The number of para-hydroxylation sites is 1. The molecule has 1 aromatic rings. The van der Waals surface area contributed by atoms with Crippen molar-refractivity contribution >= 4 is 5.69 Å². The molecule has 1 aliphatic rings. The van der Waals surface area contributed by atoms with Crippen LogP contribution in [0.1, 0.15) is 17.2 Å². The molecule has 1 atom stereocenters. The summed E-state index contributed by atoms with van der Waals surface area (Å²) in [5.41, 5.74) is 9.65. The molecule has 0 radical (unpaired) electrons. The average molecular weight is 174 g/mol. The fourth-order valence-corrected chi connectivity index (χ4v) is 1.77. The molecule has 3 N–H and O–H groups in total. The van der Waals surface area contributed by atoms with Crippen LogP contribution >= 0.6 is 0 Å². The second-order valence-corrected chi connectivity index (χ2v) is 3.32. The van der Waals surface area contributed by atoms with E-state index in [0.29, 0.717) is 0 Å². The van der Waals surface area contributed by atoms with Gasteiger partial charge in [0.25, 0.3) is 0 Å². The zero-order valence-corrected chi connectivity index (χ0v) is 7.59. The van der Waals surface area contributed by atoms with E-state index >= 15 is 0 Å². The maximum absolute atomic E-state index is 5.91. The fourth-order valence-electron chi connectivity index (χ4n) is 1.77. The number of nitrogens with two attached hydrogens (primary N) is 1. The van der Waals surface area contributed by atoms with Gasteiger partial charge in [-0.05, 0) is 17.5 Å². The highest BCUT2D eigenvalue weighted by Crippen LogP contribution is 2.29. The second-order valence-electron chi connectivity index (χ2n) is 3.32. The van der Waals surface area contributed by atoms with Crippen LogP contribution in [0.3, 0.4) is 0 Å². The van der Waals surface area contributed by atoms with E-state index in [2.05, 4.69) is 30.1 Å². The lowest BCUT2D eigenvalue weighted by molar-refractivity contribution is 0.916. The Hall–Kier alpha value is -1.28. The second kappa shape index (κ2) is 3.23. The van der Waals surface area contributed by atoms with Crippen molar-refractivity contribution in [1.82, 2.24) is 0 Å². The smallest absolute Gasteiger partial charge is 0.0499 e. The predicted octanol–water partition coefficient (Wildman–Crippen LogP) is 1.84. The molecule has 1 aliphatic heterocycles. The first-order valence-corrected chi connectivity index (χ1v) is 4.56. The summed E-state index contributed by atoms with van der Waals surface area (Å²) in [6, 6.07) is 6.21. The summed E-state index contributed by atoms with van der Waals surface area (Å²) in [5.74, 6) is 0. The highest BCUT2D eigenvalue weighted by molar-refractivity contribution is 5.62. The molecule has 2 heteroatoms. The summed E-state index contributed by atoms with van der Waals surface area (Å²) in [4.78, 5) is 0. The SMILES string of the molecule is C=C[C@@H](N)c1cccc2c1NCC2. The van der Waals surface area contributed by atoms with Gasteiger partial charge in [0.05, 0.1) is 0 Å². The number of hydrogen-bond acceptors (Lipinski definition) is 2. The standard InChI is InChI=1S/C11H14N2/c1-2-10(12)9-5-3-4-8-6-7-13-11(8)9/h2-5,10,13H,1,6-7,12H2/t10-/m1/s1. The number of nitrogens with one attached hydrogen (secondary N) is 1. The highest BCUT2D eigenvalue weighted by Gasteiger charge is 2.15. The van der Waals surface area contributed by atoms with Crippen LogP contribution in [0, 0.1) is 0 Å². The van der Waals surface area contributed by atoms with E-state index < -0.39 is 0 Å². The third kappa shape index (κ3) is 1.33. The van der Waals surface area contributed by atoms with Gasteiger partial charge in [0, 0.05) is 18.3 Å². The Kier molecular flexibility index (Phi) is 2.07. The molecule has 0 spiro atoms. The van der Waals surface area contributed by atoms with Crippen molar-refractivity contribution in [2.45, 2.75) is 12.5 Å². The van der Waals surface area contributed by atoms with E-state index in [0.717, 1.165) is 18.5 Å². The zero-order chi connectivity index (χ0) is 9.26. The number of rotatable bonds is 2. The van der Waals surface area contributed by atoms with Crippen LogP contribution in [-0.2, 0) is 6.42 Å². The van der Waals surface area contributed by atoms with E-state index in [1.807, 2.05) is 0 Å². The number of hydrogen-bond donors (Lipinski definition) is 2. The molecular weight excluding hydrogens is 160 g/mol. The van der Waals surface area contributed by atoms with E-state index in [-0.39, 0.29) is 6.04 Å². The number of anilines is 1. The highest BCUT2D eigenvalue weighted by atomic mass is 14.9. The first kappa shape index (κ1) is 8.32. The van der Waals surface area contributed by atoms with Crippen LogP contribution in [0.4, 0.5) is 5.69 Å². The Labute approximate surface area is 78.5 Å². The topological polar surface area (TPSA) is 38.0 Å². The van der Waals surface area contributed by atoms with Crippen molar-refractivity contribution in [2.75, 3.05) is 11.9 Å². The van der Waals surface area contributed by atoms with Crippen LogP contribution in [0.2, 0.25) is 0 Å². The third-order valence-electron chi connectivity index (χ3n) is 2.49. The van der Waals surface area contributed by atoms with E-state index in [4.69, 9.17) is 5.73 Å². The molecular formula is C11H14N2. The van der Waals surface area contributed by atoms with Crippen molar-refractivity contribution in [2.24, 2.45) is 5.73 Å². The molecule has 0 saturated heterocycles. The van der Waals surface area contributed by atoms with Gasteiger partial charge in [-0.15, -0.1) is 6.58 Å².